The predicted octanol–water partition coefficient (Wildman–Crippen LogP) is 2.31. The molecule has 6 nitrogen and oxygen atoms in total. The van der Waals surface area contributed by atoms with E-state index in [0.717, 1.165) is 18.5 Å². The number of methoxy groups -OCH3 is 1. The van der Waals surface area contributed by atoms with Crippen LogP contribution < -0.4 is 15.4 Å². The number of carbonyl (C=O) groups is 1. The summed E-state index contributed by atoms with van der Waals surface area (Å²) in [4.78, 5) is 11.9. The predicted molar refractivity (Wildman–Crippen MR) is 89.0 cm³/mol. The second-order valence-corrected chi connectivity index (χ2v) is 6.99. The molecule has 3 N–H and O–H groups in total. The van der Waals surface area contributed by atoms with Crippen LogP contribution in [0, 0.1) is 0 Å². The van der Waals surface area contributed by atoms with Gasteiger partial charge < -0.3 is 19.9 Å². The average Bonchev–Trinajstić information content (AvgIpc) is 2.85. The van der Waals surface area contributed by atoms with Gasteiger partial charge in [-0.25, -0.2) is 4.79 Å². The van der Waals surface area contributed by atoms with Crippen molar-refractivity contribution in [2.45, 2.75) is 44.8 Å². The number of aliphatic hydroxyl groups is 1. The molecule has 23 heavy (non-hydrogen) atoms. The van der Waals surface area contributed by atoms with Crippen LogP contribution in [0.2, 0.25) is 0 Å². The minimum atomic E-state index is -0.717. The van der Waals surface area contributed by atoms with Crippen molar-refractivity contribution >= 4 is 11.8 Å². The molecule has 1 aromatic carbocycles. The van der Waals surface area contributed by atoms with E-state index in [2.05, 4.69) is 10.6 Å². The second-order valence-electron chi connectivity index (χ2n) is 6.99. The van der Waals surface area contributed by atoms with Gasteiger partial charge in [0.2, 0.25) is 0 Å². The van der Waals surface area contributed by atoms with Crippen molar-refractivity contribution < 1.29 is 19.4 Å². The van der Waals surface area contributed by atoms with Gasteiger partial charge in [0, 0.05) is 13.0 Å². The van der Waals surface area contributed by atoms with Crippen LogP contribution >= 0.6 is 0 Å². The molecule has 1 fully saturated rings. The van der Waals surface area contributed by atoms with Crippen LogP contribution in [-0.4, -0.2) is 42.6 Å². The summed E-state index contributed by atoms with van der Waals surface area (Å²) in [6, 6.07) is 5.48. The first-order valence-corrected chi connectivity index (χ1v) is 7.81. The van der Waals surface area contributed by atoms with E-state index in [1.54, 1.807) is 13.2 Å². The number of β-amino-alcohol motifs (C(OH)–C–C–N with tert-alkyl or cyclic N) is 1. The normalized spacial score (nSPS) is 21.1. The number of nitrogens with one attached hydrogen (secondary N) is 2. The van der Waals surface area contributed by atoms with Gasteiger partial charge in [0.15, 0.2) is 0 Å². The summed E-state index contributed by atoms with van der Waals surface area (Å²) in [7, 11) is 1.55. The van der Waals surface area contributed by atoms with E-state index in [-0.39, 0.29) is 0 Å². The summed E-state index contributed by atoms with van der Waals surface area (Å²) in [5.74, 6) is 0.544. The molecule has 0 radical (unpaired) electrons. The van der Waals surface area contributed by atoms with Gasteiger partial charge in [-0.3, -0.25) is 5.32 Å². The Balaban J connectivity index is 2.08. The molecule has 1 aromatic rings. The minimum absolute atomic E-state index is 0.526. The van der Waals surface area contributed by atoms with Crippen molar-refractivity contribution in [2.24, 2.45) is 0 Å². The van der Waals surface area contributed by atoms with Crippen LogP contribution in [0.4, 0.5) is 10.5 Å². The van der Waals surface area contributed by atoms with Crippen molar-refractivity contribution in [3.63, 3.8) is 0 Å². The van der Waals surface area contributed by atoms with Crippen molar-refractivity contribution in [3.05, 3.63) is 23.8 Å². The first-order chi connectivity index (χ1) is 10.7. The molecule has 0 aliphatic carbocycles. The monoisotopic (exact) mass is 322 g/mol. The first-order valence-electron chi connectivity index (χ1n) is 7.81. The van der Waals surface area contributed by atoms with Gasteiger partial charge in [-0.1, -0.05) is 6.07 Å². The van der Waals surface area contributed by atoms with Crippen LogP contribution in [0.5, 0.6) is 5.75 Å². The number of benzene rings is 1. The summed E-state index contributed by atoms with van der Waals surface area (Å²) in [5.41, 5.74) is 0.228. The minimum Gasteiger partial charge on any atom is -0.495 e. The van der Waals surface area contributed by atoms with Gasteiger partial charge in [0.05, 0.1) is 18.4 Å². The van der Waals surface area contributed by atoms with Crippen LogP contribution in [0.1, 0.15) is 32.8 Å². The van der Waals surface area contributed by atoms with Crippen molar-refractivity contribution in [1.29, 1.82) is 0 Å². The Morgan fingerprint density at radius 3 is 2.74 bits per heavy atom. The molecule has 1 aliphatic heterocycles. The van der Waals surface area contributed by atoms with Crippen molar-refractivity contribution in [1.82, 2.24) is 5.32 Å². The highest BCUT2D eigenvalue weighted by Gasteiger charge is 2.31. The number of carbonyl (C=O) groups excluding carboxylic acids is 1. The highest BCUT2D eigenvalue weighted by Crippen LogP contribution is 2.29. The molecule has 0 bridgehead atoms. The molecule has 6 heteroatoms. The zero-order chi connectivity index (χ0) is 17.1. The summed E-state index contributed by atoms with van der Waals surface area (Å²) in [6.07, 6.45) is 0.748. The SMILES string of the molecule is COc1cc(CC2(O)CCNC2)ccc1NC(=O)OC(C)(C)C. The van der Waals surface area contributed by atoms with E-state index in [1.807, 2.05) is 32.9 Å². The molecular weight excluding hydrogens is 296 g/mol. The molecule has 1 aliphatic rings. The summed E-state index contributed by atoms with van der Waals surface area (Å²) >= 11 is 0. The van der Waals surface area contributed by atoms with E-state index in [1.165, 1.54) is 0 Å². The maximum Gasteiger partial charge on any atom is 0.412 e. The molecule has 0 aromatic heterocycles. The van der Waals surface area contributed by atoms with Crippen molar-refractivity contribution in [3.8, 4) is 5.75 Å². The van der Waals surface area contributed by atoms with Gasteiger partial charge in [-0.05, 0) is 51.4 Å². The Bertz CT molecular complexity index is 560. The maximum atomic E-state index is 11.9. The third-order valence-corrected chi connectivity index (χ3v) is 3.66. The highest BCUT2D eigenvalue weighted by atomic mass is 16.6. The molecule has 2 rings (SSSR count). The molecular formula is C17H26N2O4. The Kier molecular flexibility index (Phi) is 5.16. The van der Waals surface area contributed by atoms with Gasteiger partial charge in [-0.15, -0.1) is 0 Å². The lowest BCUT2D eigenvalue weighted by Crippen LogP contribution is -2.33. The number of rotatable bonds is 4. The first kappa shape index (κ1) is 17.6. The molecule has 1 saturated heterocycles. The molecule has 1 amide bonds. The fraction of sp³-hybridized carbons (Fsp3) is 0.588. The average molecular weight is 322 g/mol. The molecule has 128 valence electrons. The lowest BCUT2D eigenvalue weighted by atomic mass is 9.93. The van der Waals surface area contributed by atoms with Crippen LogP contribution in [0.25, 0.3) is 0 Å². The zero-order valence-electron chi connectivity index (χ0n) is 14.2. The fourth-order valence-electron chi connectivity index (χ4n) is 2.62. The second kappa shape index (κ2) is 6.76. The lowest BCUT2D eigenvalue weighted by molar-refractivity contribution is 0.0614. The topological polar surface area (TPSA) is 79.8 Å². The molecule has 0 saturated carbocycles. The van der Waals surface area contributed by atoms with E-state index in [0.29, 0.717) is 24.4 Å². The molecule has 1 unspecified atom stereocenters. The van der Waals surface area contributed by atoms with Gasteiger partial charge >= 0.3 is 6.09 Å². The third-order valence-electron chi connectivity index (χ3n) is 3.66. The Morgan fingerprint density at radius 1 is 1.43 bits per heavy atom. The summed E-state index contributed by atoms with van der Waals surface area (Å²) < 4.78 is 10.6. The van der Waals surface area contributed by atoms with Crippen LogP contribution in [0.15, 0.2) is 18.2 Å². The van der Waals surface area contributed by atoms with Gasteiger partial charge in [0.25, 0.3) is 0 Å². The number of ether oxygens (including phenoxy) is 2. The van der Waals surface area contributed by atoms with E-state index in [9.17, 15) is 9.90 Å². The molecule has 0 spiro atoms. The lowest BCUT2D eigenvalue weighted by Gasteiger charge is -2.22. The Morgan fingerprint density at radius 2 is 2.17 bits per heavy atom. The van der Waals surface area contributed by atoms with Crippen molar-refractivity contribution in [2.75, 3.05) is 25.5 Å². The Hall–Kier alpha value is -1.79. The fourth-order valence-corrected chi connectivity index (χ4v) is 2.62. The number of amides is 1. The summed E-state index contributed by atoms with van der Waals surface area (Å²) in [5, 5.41) is 16.3. The van der Waals surface area contributed by atoms with E-state index < -0.39 is 17.3 Å². The third kappa shape index (κ3) is 5.11. The number of anilines is 1. The highest BCUT2D eigenvalue weighted by molar-refractivity contribution is 5.87. The quantitative estimate of drug-likeness (QED) is 0.793. The van der Waals surface area contributed by atoms with E-state index >= 15 is 0 Å². The number of hydrogen-bond donors (Lipinski definition) is 3. The number of hydrogen-bond acceptors (Lipinski definition) is 5. The van der Waals surface area contributed by atoms with Gasteiger partial charge in [0.1, 0.15) is 11.4 Å². The molecule has 1 heterocycles. The largest absolute Gasteiger partial charge is 0.495 e. The van der Waals surface area contributed by atoms with Crippen LogP contribution in [-0.2, 0) is 11.2 Å². The van der Waals surface area contributed by atoms with Crippen LogP contribution in [0.3, 0.4) is 0 Å². The Labute approximate surface area is 137 Å². The van der Waals surface area contributed by atoms with Gasteiger partial charge in [-0.2, -0.15) is 0 Å². The van der Waals surface area contributed by atoms with E-state index in [4.69, 9.17) is 9.47 Å². The smallest absolute Gasteiger partial charge is 0.412 e. The maximum absolute atomic E-state index is 11.9. The standard InChI is InChI=1S/C17H26N2O4/c1-16(2,3)23-15(20)19-13-6-5-12(9-14(13)22-4)10-17(21)7-8-18-11-17/h5-6,9,18,21H,7-8,10-11H2,1-4H3,(H,19,20). The molecule has 1 atom stereocenters. The zero-order valence-corrected chi connectivity index (χ0v) is 14.2. The summed E-state index contributed by atoms with van der Waals surface area (Å²) in [6.45, 7) is 6.84.